The number of ketones is 2. The van der Waals surface area contributed by atoms with Gasteiger partial charge in [0.1, 0.15) is 12.7 Å². The molecule has 6 heteroatoms. The number of ether oxygens (including phenoxy) is 2. The summed E-state index contributed by atoms with van der Waals surface area (Å²) in [7, 11) is 0. The van der Waals surface area contributed by atoms with Crippen LogP contribution in [0.5, 0.6) is 0 Å². The maximum absolute atomic E-state index is 13.6. The second kappa shape index (κ2) is 14.7. The van der Waals surface area contributed by atoms with Crippen molar-refractivity contribution < 1.29 is 24.2 Å². The average Bonchev–Trinajstić information content (AvgIpc) is 2.98. The van der Waals surface area contributed by atoms with E-state index in [1.165, 1.54) is 5.56 Å². The van der Waals surface area contributed by atoms with Crippen molar-refractivity contribution in [1.82, 2.24) is 0 Å². The van der Waals surface area contributed by atoms with Crippen molar-refractivity contribution in [3.63, 3.8) is 0 Å². The number of aliphatic hydroxyl groups excluding tert-OH is 1. The molecular weight excluding hydrogens is 524 g/mol. The highest BCUT2D eigenvalue weighted by molar-refractivity contribution is 6.31. The van der Waals surface area contributed by atoms with Gasteiger partial charge in [0.25, 0.3) is 0 Å². The lowest BCUT2D eigenvalue weighted by Crippen LogP contribution is -2.41. The molecule has 0 saturated heterocycles. The van der Waals surface area contributed by atoms with Crippen molar-refractivity contribution in [1.29, 1.82) is 0 Å². The van der Waals surface area contributed by atoms with Gasteiger partial charge >= 0.3 is 0 Å². The fourth-order valence-corrected chi connectivity index (χ4v) is 4.58. The Morgan fingerprint density at radius 1 is 0.775 bits per heavy atom. The van der Waals surface area contributed by atoms with Gasteiger partial charge in [-0.3, -0.25) is 9.59 Å². The molecule has 0 aliphatic heterocycles. The van der Waals surface area contributed by atoms with E-state index in [1.54, 1.807) is 18.2 Å². The molecule has 0 saturated carbocycles. The van der Waals surface area contributed by atoms with Gasteiger partial charge in [-0.05, 0) is 53.8 Å². The van der Waals surface area contributed by atoms with Gasteiger partial charge in [0.2, 0.25) is 0 Å². The molecule has 0 amide bonds. The fraction of sp³-hybridized carbons (Fsp3) is 0.235. The Morgan fingerprint density at radius 3 is 1.98 bits per heavy atom. The van der Waals surface area contributed by atoms with Crippen molar-refractivity contribution in [2.75, 3.05) is 6.61 Å². The maximum Gasteiger partial charge on any atom is 0.189 e. The quantitative estimate of drug-likeness (QED) is 0.178. The van der Waals surface area contributed by atoms with Crippen LogP contribution < -0.4 is 0 Å². The maximum atomic E-state index is 13.6. The summed E-state index contributed by atoms with van der Waals surface area (Å²) in [4.78, 5) is 26.4. The van der Waals surface area contributed by atoms with Gasteiger partial charge in [-0.1, -0.05) is 102 Å². The standard InChI is InChI=1S/C34H33ClO5/c1-24-12-14-25(15-13-24)18-29-19-28(16-17-30(29)35)31(37)20-33(39-22-26-8-4-2-5-9-26)34(32(38)21-36)40-23-27-10-6-3-7-11-27/h2-17,19,33-34,36H,18,20-23H2,1H3/t33?,34-/m1/s1. The SMILES string of the molecule is Cc1ccc(Cc2cc(C(=O)CC(OCc3ccccc3)[C@H](OCc3ccccc3)C(=O)CO)ccc2Cl)cc1. The zero-order valence-corrected chi connectivity index (χ0v) is 23.2. The monoisotopic (exact) mass is 556 g/mol. The van der Waals surface area contributed by atoms with Gasteiger partial charge in [-0.25, -0.2) is 0 Å². The van der Waals surface area contributed by atoms with E-state index < -0.39 is 24.6 Å². The fourth-order valence-electron chi connectivity index (χ4n) is 4.40. The largest absolute Gasteiger partial charge is 0.388 e. The Labute approximate surface area is 240 Å². The molecule has 0 heterocycles. The number of halogens is 1. The Bertz CT molecular complexity index is 1390. The number of carbonyl (C=O) groups excluding carboxylic acids is 2. The van der Waals surface area contributed by atoms with Crippen molar-refractivity contribution in [3.8, 4) is 0 Å². The van der Waals surface area contributed by atoms with Gasteiger partial charge in [0.05, 0.1) is 19.3 Å². The van der Waals surface area contributed by atoms with Crippen LogP contribution in [0.4, 0.5) is 0 Å². The summed E-state index contributed by atoms with van der Waals surface area (Å²) < 4.78 is 12.1. The van der Waals surface area contributed by atoms with E-state index in [0.717, 1.165) is 22.3 Å². The molecule has 0 aromatic heterocycles. The molecule has 4 aromatic carbocycles. The Balaban J connectivity index is 1.55. The molecule has 0 aliphatic rings. The van der Waals surface area contributed by atoms with Crippen LogP contribution in [0.15, 0.2) is 103 Å². The molecule has 0 spiro atoms. The highest BCUT2D eigenvalue weighted by atomic mass is 35.5. The molecule has 206 valence electrons. The lowest BCUT2D eigenvalue weighted by molar-refractivity contribution is -0.147. The number of hydrogen-bond donors (Lipinski definition) is 1. The topological polar surface area (TPSA) is 72.8 Å². The van der Waals surface area contributed by atoms with Gasteiger partial charge in [0.15, 0.2) is 11.6 Å². The van der Waals surface area contributed by atoms with Crippen molar-refractivity contribution in [3.05, 3.63) is 142 Å². The number of carbonyl (C=O) groups is 2. The first-order valence-electron chi connectivity index (χ1n) is 13.2. The van der Waals surface area contributed by atoms with Crippen LogP contribution in [0.25, 0.3) is 0 Å². The minimum absolute atomic E-state index is 0.108. The molecule has 5 nitrogen and oxygen atoms in total. The molecule has 0 fully saturated rings. The van der Waals surface area contributed by atoms with E-state index in [4.69, 9.17) is 21.1 Å². The van der Waals surface area contributed by atoms with E-state index >= 15 is 0 Å². The third-order valence-electron chi connectivity index (χ3n) is 6.66. The molecule has 2 atom stereocenters. The number of Topliss-reactive ketones (excluding diaryl/α,β-unsaturated/α-hetero) is 2. The Hall–Kier alpha value is -3.61. The van der Waals surface area contributed by atoms with E-state index in [-0.39, 0.29) is 25.4 Å². The molecule has 0 bridgehead atoms. The number of hydrogen-bond acceptors (Lipinski definition) is 5. The first-order valence-corrected chi connectivity index (χ1v) is 13.6. The van der Waals surface area contributed by atoms with Gasteiger partial charge in [0, 0.05) is 17.0 Å². The first kappa shape index (κ1) is 29.4. The molecule has 0 radical (unpaired) electrons. The molecule has 4 rings (SSSR count). The second-order valence-corrected chi connectivity index (χ2v) is 10.2. The highest BCUT2D eigenvalue weighted by Crippen LogP contribution is 2.24. The van der Waals surface area contributed by atoms with Crippen LogP contribution in [0, 0.1) is 6.92 Å². The van der Waals surface area contributed by atoms with Crippen LogP contribution in [-0.4, -0.2) is 35.5 Å². The van der Waals surface area contributed by atoms with Crippen LogP contribution in [0.2, 0.25) is 5.02 Å². The number of benzene rings is 4. The molecule has 0 aliphatic carbocycles. The zero-order valence-electron chi connectivity index (χ0n) is 22.5. The lowest BCUT2D eigenvalue weighted by atomic mass is 9.96. The highest BCUT2D eigenvalue weighted by Gasteiger charge is 2.32. The summed E-state index contributed by atoms with van der Waals surface area (Å²) >= 11 is 6.49. The van der Waals surface area contributed by atoms with Gasteiger partial charge < -0.3 is 14.6 Å². The van der Waals surface area contributed by atoms with Crippen molar-refractivity contribution in [2.45, 2.75) is 45.2 Å². The minimum atomic E-state index is -1.13. The Kier molecular flexibility index (Phi) is 10.8. The molecule has 40 heavy (non-hydrogen) atoms. The molecule has 1 unspecified atom stereocenters. The number of aryl methyl sites for hydroxylation is 1. The summed E-state index contributed by atoms with van der Waals surface area (Å²) in [5, 5.41) is 10.3. The minimum Gasteiger partial charge on any atom is -0.388 e. The number of rotatable bonds is 14. The Morgan fingerprint density at radius 2 is 1.38 bits per heavy atom. The third-order valence-corrected chi connectivity index (χ3v) is 7.03. The van der Waals surface area contributed by atoms with Gasteiger partial charge in [-0.15, -0.1) is 0 Å². The van der Waals surface area contributed by atoms with Gasteiger partial charge in [-0.2, -0.15) is 0 Å². The van der Waals surface area contributed by atoms with Crippen LogP contribution >= 0.6 is 11.6 Å². The normalized spacial score (nSPS) is 12.6. The predicted molar refractivity (Wildman–Crippen MR) is 157 cm³/mol. The van der Waals surface area contributed by atoms with Crippen LogP contribution in [-0.2, 0) is 33.9 Å². The van der Waals surface area contributed by atoms with E-state index in [1.807, 2.05) is 91.9 Å². The third kappa shape index (κ3) is 8.44. The van der Waals surface area contributed by atoms with E-state index in [0.29, 0.717) is 17.0 Å². The second-order valence-electron chi connectivity index (χ2n) is 9.77. The summed E-state index contributed by atoms with van der Waals surface area (Å²) in [5.41, 5.74) is 5.32. The zero-order chi connectivity index (χ0) is 28.3. The smallest absolute Gasteiger partial charge is 0.189 e. The lowest BCUT2D eigenvalue weighted by Gasteiger charge is -2.26. The first-order chi connectivity index (χ1) is 19.4. The number of aliphatic hydroxyl groups is 1. The van der Waals surface area contributed by atoms with Crippen LogP contribution in [0.3, 0.4) is 0 Å². The summed E-state index contributed by atoms with van der Waals surface area (Å²) in [6.07, 6.45) is -1.56. The van der Waals surface area contributed by atoms with Crippen molar-refractivity contribution in [2.24, 2.45) is 0 Å². The van der Waals surface area contributed by atoms with E-state index in [9.17, 15) is 14.7 Å². The molecule has 1 N–H and O–H groups in total. The predicted octanol–water partition coefficient (Wildman–Crippen LogP) is 6.54. The van der Waals surface area contributed by atoms with E-state index in [2.05, 4.69) is 0 Å². The van der Waals surface area contributed by atoms with Crippen molar-refractivity contribution >= 4 is 23.2 Å². The van der Waals surface area contributed by atoms with Crippen LogP contribution in [0.1, 0.15) is 44.6 Å². The molecular formula is C34H33ClO5. The summed E-state index contributed by atoms with van der Waals surface area (Å²) in [5.74, 6) is -0.753. The average molecular weight is 557 g/mol. The summed E-state index contributed by atoms with van der Waals surface area (Å²) in [6, 6.07) is 32.3. The molecule has 4 aromatic rings. The summed E-state index contributed by atoms with van der Waals surface area (Å²) in [6.45, 7) is 1.63.